The molecular weight excluding hydrogens is 1520 g/mol. The highest BCUT2D eigenvalue weighted by Gasteiger charge is 2.30. The Balaban J connectivity index is 0.000000134. The van der Waals surface area contributed by atoms with E-state index in [9.17, 15) is 17.6 Å². The summed E-state index contributed by atoms with van der Waals surface area (Å²) in [6.07, 6.45) is 3.37. The van der Waals surface area contributed by atoms with E-state index in [1.807, 2.05) is 191 Å². The largest absolute Gasteiger partial charge is 0.492 e. The number of benzene rings is 9. The van der Waals surface area contributed by atoms with Crippen LogP contribution in [0.2, 0.25) is 0 Å². The fraction of sp³-hybridized carbons (Fsp3) is 0.242. The van der Waals surface area contributed by atoms with E-state index in [0.29, 0.717) is 67.8 Å². The highest BCUT2D eigenvalue weighted by molar-refractivity contribution is 5.71. The number of nitrogens with one attached hydrogen (secondary N) is 4. The maximum atomic E-state index is 13.2. The molecule has 15 aromatic rings. The van der Waals surface area contributed by atoms with Crippen LogP contribution < -0.4 is 45.0 Å². The summed E-state index contributed by atoms with van der Waals surface area (Å²) in [6, 6.07) is 84.9. The van der Waals surface area contributed by atoms with Crippen molar-refractivity contribution in [3.05, 3.63) is 307 Å². The minimum atomic E-state index is -4.36. The van der Waals surface area contributed by atoms with Crippen molar-refractivity contribution >= 4 is 57.5 Å². The number of aromatic nitrogens is 9. The monoisotopic (exact) mass is 1610 g/mol. The van der Waals surface area contributed by atoms with Crippen molar-refractivity contribution in [1.82, 2.24) is 58.5 Å². The average Bonchev–Trinajstić information content (AvgIpc) is 1.63. The third kappa shape index (κ3) is 21.9. The molecule has 3 fully saturated rings. The number of ether oxygens (including phenoxy) is 5. The van der Waals surface area contributed by atoms with Crippen molar-refractivity contribution in [2.45, 2.75) is 71.4 Å². The molecule has 25 heteroatoms. The number of fused-ring (bicyclic) bond motifs is 3. The lowest BCUT2D eigenvalue weighted by Gasteiger charge is -2.15. The van der Waals surface area contributed by atoms with Gasteiger partial charge in [-0.05, 0) is 271 Å². The summed E-state index contributed by atoms with van der Waals surface area (Å²) in [6.45, 7) is 15.4. The number of hydrogen-bond donors (Lipinski definition) is 4. The minimum absolute atomic E-state index is 0.144. The van der Waals surface area contributed by atoms with Crippen molar-refractivity contribution in [2.24, 2.45) is 0 Å². The lowest BCUT2D eigenvalue weighted by Crippen LogP contribution is -2.25. The molecule has 3 aliphatic heterocycles. The number of aryl methyl sites for hydroxylation is 1. The van der Waals surface area contributed by atoms with Gasteiger partial charge in [-0.3, -0.25) is 14.7 Å². The molecule has 3 saturated heterocycles. The molecule has 21 nitrogen and oxygen atoms in total. The molecule has 0 radical (unpaired) electrons. The lowest BCUT2D eigenvalue weighted by molar-refractivity contribution is -0.137. The number of pyridine rings is 3. The molecule has 9 aromatic carbocycles. The Morgan fingerprint density at radius 1 is 0.342 bits per heavy atom. The van der Waals surface area contributed by atoms with Gasteiger partial charge in [0.1, 0.15) is 67.6 Å². The molecule has 612 valence electrons. The Labute approximate surface area is 694 Å². The second kappa shape index (κ2) is 38.8. The molecule has 0 atom stereocenters. The summed E-state index contributed by atoms with van der Waals surface area (Å²) in [4.78, 5) is 21.3. The third-order valence-corrected chi connectivity index (χ3v) is 21.1. The minimum Gasteiger partial charge on any atom is -0.492 e. The number of rotatable bonds is 30. The molecule has 0 aliphatic carbocycles. The van der Waals surface area contributed by atoms with Gasteiger partial charge in [-0.2, -0.15) is 28.1 Å². The van der Waals surface area contributed by atoms with Crippen molar-refractivity contribution < 1.29 is 41.2 Å². The first-order valence-electron chi connectivity index (χ1n) is 40.8. The van der Waals surface area contributed by atoms with Gasteiger partial charge in [-0.25, -0.2) is 17.9 Å². The smallest absolute Gasteiger partial charge is 0.416 e. The Bertz CT molecular complexity index is 5580. The van der Waals surface area contributed by atoms with E-state index in [0.717, 1.165) is 147 Å². The molecule has 0 bridgehead atoms. The fourth-order valence-corrected chi connectivity index (χ4v) is 14.6. The highest BCUT2D eigenvalue weighted by atomic mass is 19.4. The molecule has 0 amide bonds. The Morgan fingerprint density at radius 2 is 0.692 bits per heavy atom. The van der Waals surface area contributed by atoms with Crippen molar-refractivity contribution in [2.75, 3.05) is 100.0 Å². The topological polar surface area (TPSA) is 195 Å². The summed E-state index contributed by atoms with van der Waals surface area (Å²) < 4.78 is 86.9. The van der Waals surface area contributed by atoms with E-state index in [1.165, 1.54) is 94.5 Å². The Hall–Kier alpha value is -13.4. The summed E-state index contributed by atoms with van der Waals surface area (Å²) in [7, 11) is 0. The predicted octanol–water partition coefficient (Wildman–Crippen LogP) is 20.1. The standard InChI is InChI=1S/C32H30F3N5O2.C32H33N5O2.C31H31FN6O/c33-32(34,35)25-11-9-23(10-12-25)22-42-28-6-3-5-24(21-28)29-7-4-8-30-37-31(38-40(29)30)36-26-13-15-27(16-14-26)41-20-19-39-17-1-2-18-39;1-24-10-12-25(13-11-24)23-39-29-7-4-6-26(22-29)30-8-5-9-31-34-32(35-37(30)31)33-27-14-16-28(17-15-27)38-21-20-36-18-2-3-19-36;32-25-11-9-23(10-12-25)22-33-27-6-3-5-24(21-27)29-7-4-8-30-35-31(36-38(29)30)34-26-13-15-28(16-14-26)39-20-19-37-17-1-2-18-37/h3-16,21H,1-2,17-20,22H2,(H,36,38);4-17,22H,2-3,18-21,23H2,1H3,(H,33,35);3-16,21,33H,1-2,17-20,22H2,(H,34,36). The number of alkyl halides is 3. The zero-order valence-corrected chi connectivity index (χ0v) is 66.7. The van der Waals surface area contributed by atoms with Crippen LogP contribution in [-0.2, 0) is 25.9 Å². The molecule has 0 unspecified atom stereocenters. The SMILES string of the molecule is Cc1ccc(COc2cccc(-c3cccc4nc(Nc5ccc(OCCN6CCCC6)cc5)nn34)c2)cc1.FC(F)(F)c1ccc(COc2cccc(-c3cccc4nc(Nc5ccc(OCCN6CCCC6)cc5)nn34)c2)cc1.Fc1ccc(CNc2cccc(-c3cccc4nc(Nc5ccc(OCCN6CCCC6)cc5)nn34)c2)cc1. The maximum Gasteiger partial charge on any atom is 0.416 e. The van der Waals surface area contributed by atoms with Crippen molar-refractivity contribution in [1.29, 1.82) is 0 Å². The number of likely N-dealkylation sites (tertiary alicyclic amines) is 3. The Morgan fingerprint density at radius 3 is 1.07 bits per heavy atom. The molecule has 0 spiro atoms. The molecule has 0 saturated carbocycles. The van der Waals surface area contributed by atoms with E-state index in [4.69, 9.17) is 33.9 Å². The first kappa shape index (κ1) is 80.4. The summed E-state index contributed by atoms with van der Waals surface area (Å²) in [5, 5.41) is 27.5. The number of nitrogens with zero attached hydrogens (tertiary/aromatic N) is 12. The van der Waals surface area contributed by atoms with Gasteiger partial charge < -0.3 is 45.0 Å². The van der Waals surface area contributed by atoms with Crippen LogP contribution in [0.1, 0.15) is 66.3 Å². The maximum absolute atomic E-state index is 13.2. The second-order valence-corrected chi connectivity index (χ2v) is 29.9. The fourth-order valence-electron chi connectivity index (χ4n) is 14.6. The molecule has 3 aliphatic rings. The number of hydrogen-bond acceptors (Lipinski definition) is 18. The van der Waals surface area contributed by atoms with Crippen molar-refractivity contribution in [3.8, 4) is 62.5 Å². The molecule has 18 rings (SSSR count). The quantitative estimate of drug-likeness (QED) is 0.0310. The normalized spacial score (nSPS) is 13.7. The van der Waals surface area contributed by atoms with E-state index in [-0.39, 0.29) is 12.4 Å². The van der Waals surface area contributed by atoms with Gasteiger partial charge in [0, 0.05) is 65.6 Å². The molecular formula is C95H94F4N16O5. The zero-order valence-electron chi connectivity index (χ0n) is 66.7. The van der Waals surface area contributed by atoms with Crippen LogP contribution in [0, 0.1) is 12.7 Å². The Kier molecular flexibility index (Phi) is 26.0. The molecule has 4 N–H and O–H groups in total. The lowest BCUT2D eigenvalue weighted by atomic mass is 10.1. The highest BCUT2D eigenvalue weighted by Crippen LogP contribution is 2.33. The molecule has 120 heavy (non-hydrogen) atoms. The van der Waals surface area contributed by atoms with E-state index >= 15 is 0 Å². The van der Waals surface area contributed by atoms with Gasteiger partial charge in [-0.15, -0.1) is 15.3 Å². The van der Waals surface area contributed by atoms with E-state index in [1.54, 1.807) is 16.6 Å². The first-order valence-corrected chi connectivity index (χ1v) is 40.8. The van der Waals surface area contributed by atoms with Crippen LogP contribution in [0.5, 0.6) is 28.7 Å². The van der Waals surface area contributed by atoms with Gasteiger partial charge in [0.2, 0.25) is 17.8 Å². The zero-order chi connectivity index (χ0) is 81.8. The predicted molar refractivity (Wildman–Crippen MR) is 463 cm³/mol. The third-order valence-electron chi connectivity index (χ3n) is 21.1. The van der Waals surface area contributed by atoms with Crippen LogP contribution in [-0.4, -0.2) is 137 Å². The van der Waals surface area contributed by atoms with Crippen LogP contribution in [0.3, 0.4) is 0 Å². The number of halogens is 4. The van der Waals surface area contributed by atoms with Gasteiger partial charge in [0.25, 0.3) is 0 Å². The van der Waals surface area contributed by atoms with E-state index < -0.39 is 11.7 Å². The summed E-state index contributed by atoms with van der Waals surface area (Å²) in [5.41, 5.74) is 14.7. The van der Waals surface area contributed by atoms with Gasteiger partial charge in [0.15, 0.2) is 16.9 Å². The number of anilines is 7. The average molecular weight is 1620 g/mol. The van der Waals surface area contributed by atoms with Crippen molar-refractivity contribution in [3.63, 3.8) is 0 Å². The van der Waals surface area contributed by atoms with Crippen LogP contribution in [0.4, 0.5) is 58.2 Å². The van der Waals surface area contributed by atoms with Gasteiger partial charge >= 0.3 is 6.18 Å². The van der Waals surface area contributed by atoms with Crippen LogP contribution in [0.15, 0.2) is 273 Å². The van der Waals surface area contributed by atoms with Crippen LogP contribution in [0.25, 0.3) is 50.7 Å². The van der Waals surface area contributed by atoms with E-state index in [2.05, 4.69) is 105 Å². The van der Waals surface area contributed by atoms with Gasteiger partial charge in [0.05, 0.1) is 22.6 Å². The first-order chi connectivity index (χ1) is 58.8. The summed E-state index contributed by atoms with van der Waals surface area (Å²) in [5.74, 6) is 5.24. The van der Waals surface area contributed by atoms with Crippen LogP contribution >= 0.6 is 0 Å². The molecule has 6 aromatic heterocycles. The summed E-state index contributed by atoms with van der Waals surface area (Å²) >= 11 is 0. The molecule has 9 heterocycles. The second-order valence-electron chi connectivity index (χ2n) is 29.9. The van der Waals surface area contributed by atoms with Gasteiger partial charge in [-0.1, -0.05) is 109 Å².